The standard InChI is InChI=1S/C16H24BrN3O/c1-11-9-14(10-12(2)15(11)17)18-13-5-7-20(8-6-13)16(21)19(3)4/h9-10,13,18H,5-8H2,1-4H3. The zero-order valence-corrected chi connectivity index (χ0v) is 14.8. The molecule has 1 aromatic rings. The third kappa shape index (κ3) is 3.90. The molecule has 2 amide bonds. The quantitative estimate of drug-likeness (QED) is 0.881. The number of anilines is 1. The van der Waals surface area contributed by atoms with E-state index in [2.05, 4.69) is 47.2 Å². The van der Waals surface area contributed by atoms with Gasteiger partial charge in [0, 0.05) is 43.4 Å². The van der Waals surface area contributed by atoms with Gasteiger partial charge in [-0.05, 0) is 49.9 Å². The van der Waals surface area contributed by atoms with Crippen molar-refractivity contribution < 1.29 is 4.79 Å². The highest BCUT2D eigenvalue weighted by atomic mass is 79.9. The summed E-state index contributed by atoms with van der Waals surface area (Å²) < 4.78 is 1.18. The van der Waals surface area contributed by atoms with Gasteiger partial charge in [-0.3, -0.25) is 0 Å². The SMILES string of the molecule is Cc1cc(NC2CCN(C(=O)N(C)C)CC2)cc(C)c1Br. The number of nitrogens with zero attached hydrogens (tertiary/aromatic N) is 2. The number of likely N-dealkylation sites (tertiary alicyclic amines) is 1. The first-order valence-electron chi connectivity index (χ1n) is 7.38. The summed E-state index contributed by atoms with van der Waals surface area (Å²) in [6.07, 6.45) is 1.99. The van der Waals surface area contributed by atoms with E-state index < -0.39 is 0 Å². The number of urea groups is 1. The second-order valence-corrected chi connectivity index (χ2v) is 6.80. The molecule has 0 radical (unpaired) electrons. The molecule has 0 bridgehead atoms. The number of hydrogen-bond donors (Lipinski definition) is 1. The Morgan fingerprint density at radius 1 is 1.24 bits per heavy atom. The molecular weight excluding hydrogens is 330 g/mol. The zero-order valence-electron chi connectivity index (χ0n) is 13.2. The maximum absolute atomic E-state index is 11.9. The summed E-state index contributed by atoms with van der Waals surface area (Å²) in [4.78, 5) is 15.5. The number of benzene rings is 1. The minimum absolute atomic E-state index is 0.115. The van der Waals surface area contributed by atoms with E-state index in [0.29, 0.717) is 6.04 Å². The second kappa shape index (κ2) is 6.69. The van der Waals surface area contributed by atoms with Crippen LogP contribution in [0.25, 0.3) is 0 Å². The molecule has 5 heteroatoms. The molecule has 1 N–H and O–H groups in total. The molecule has 1 heterocycles. The van der Waals surface area contributed by atoms with Crippen LogP contribution in [0.5, 0.6) is 0 Å². The van der Waals surface area contributed by atoms with Gasteiger partial charge < -0.3 is 15.1 Å². The third-order valence-corrected chi connectivity index (χ3v) is 5.21. The molecule has 0 unspecified atom stereocenters. The second-order valence-electron chi connectivity index (χ2n) is 6.01. The Labute approximate surface area is 135 Å². The maximum atomic E-state index is 11.9. The van der Waals surface area contributed by atoms with Crippen LogP contribution in [0.2, 0.25) is 0 Å². The van der Waals surface area contributed by atoms with E-state index in [1.165, 1.54) is 21.3 Å². The Balaban J connectivity index is 1.93. The number of rotatable bonds is 2. The summed E-state index contributed by atoms with van der Waals surface area (Å²) in [6.45, 7) is 5.87. The van der Waals surface area contributed by atoms with E-state index in [1.54, 1.807) is 19.0 Å². The molecule has 1 saturated heterocycles. The lowest BCUT2D eigenvalue weighted by molar-refractivity contribution is 0.158. The summed E-state index contributed by atoms with van der Waals surface area (Å²) in [6, 6.07) is 4.91. The fourth-order valence-electron chi connectivity index (χ4n) is 2.76. The minimum atomic E-state index is 0.115. The Bertz CT molecular complexity index is 499. The average Bonchev–Trinajstić information content (AvgIpc) is 2.44. The van der Waals surface area contributed by atoms with Crippen LogP contribution in [-0.2, 0) is 0 Å². The van der Waals surface area contributed by atoms with Crippen molar-refractivity contribution in [3.8, 4) is 0 Å². The first-order valence-corrected chi connectivity index (χ1v) is 8.17. The highest BCUT2D eigenvalue weighted by molar-refractivity contribution is 9.10. The number of piperidine rings is 1. The molecule has 2 rings (SSSR count). The number of hydrogen-bond acceptors (Lipinski definition) is 2. The van der Waals surface area contributed by atoms with Gasteiger partial charge in [0.2, 0.25) is 0 Å². The van der Waals surface area contributed by atoms with Crippen molar-refractivity contribution in [1.29, 1.82) is 0 Å². The molecule has 1 fully saturated rings. The highest BCUT2D eigenvalue weighted by Crippen LogP contribution is 2.26. The van der Waals surface area contributed by atoms with Gasteiger partial charge in [0.05, 0.1) is 0 Å². The first-order chi connectivity index (χ1) is 9.88. The fourth-order valence-corrected chi connectivity index (χ4v) is 2.99. The van der Waals surface area contributed by atoms with Crippen molar-refractivity contribution in [3.63, 3.8) is 0 Å². The van der Waals surface area contributed by atoms with Crippen molar-refractivity contribution in [3.05, 3.63) is 27.7 Å². The van der Waals surface area contributed by atoms with Crippen LogP contribution < -0.4 is 5.32 Å². The summed E-state index contributed by atoms with van der Waals surface area (Å²) in [7, 11) is 3.61. The molecule has 1 aromatic carbocycles. The average molecular weight is 354 g/mol. The van der Waals surface area contributed by atoms with Crippen LogP contribution >= 0.6 is 15.9 Å². The van der Waals surface area contributed by atoms with Crippen LogP contribution in [0.1, 0.15) is 24.0 Å². The van der Waals surface area contributed by atoms with Gasteiger partial charge in [0.15, 0.2) is 0 Å². The number of carbonyl (C=O) groups is 1. The van der Waals surface area contributed by atoms with Crippen molar-refractivity contribution >= 4 is 27.6 Å². The van der Waals surface area contributed by atoms with Crippen LogP contribution in [0.15, 0.2) is 16.6 Å². The lowest BCUT2D eigenvalue weighted by Crippen LogP contribution is -2.46. The molecule has 1 aliphatic heterocycles. The van der Waals surface area contributed by atoms with Gasteiger partial charge >= 0.3 is 6.03 Å². The maximum Gasteiger partial charge on any atom is 0.319 e. The molecule has 1 aliphatic rings. The van der Waals surface area contributed by atoms with Crippen molar-refractivity contribution in [2.75, 3.05) is 32.5 Å². The lowest BCUT2D eigenvalue weighted by atomic mass is 10.0. The summed E-state index contributed by atoms with van der Waals surface area (Å²) in [5.41, 5.74) is 3.67. The number of halogens is 1. The molecule has 21 heavy (non-hydrogen) atoms. The van der Waals surface area contributed by atoms with Gasteiger partial charge in [-0.1, -0.05) is 15.9 Å². The van der Waals surface area contributed by atoms with Crippen LogP contribution in [-0.4, -0.2) is 49.1 Å². The van der Waals surface area contributed by atoms with E-state index in [-0.39, 0.29) is 6.03 Å². The molecule has 4 nitrogen and oxygen atoms in total. The summed E-state index contributed by atoms with van der Waals surface area (Å²) in [5.74, 6) is 0. The van der Waals surface area contributed by atoms with E-state index in [1.807, 2.05) is 4.90 Å². The van der Waals surface area contributed by atoms with Gasteiger partial charge in [-0.15, -0.1) is 0 Å². The minimum Gasteiger partial charge on any atom is -0.382 e. The number of carbonyl (C=O) groups excluding carboxylic acids is 1. The van der Waals surface area contributed by atoms with Crippen LogP contribution in [0.3, 0.4) is 0 Å². The third-order valence-electron chi connectivity index (χ3n) is 3.96. The first kappa shape index (κ1) is 16.1. The van der Waals surface area contributed by atoms with Crippen LogP contribution in [0, 0.1) is 13.8 Å². The van der Waals surface area contributed by atoms with E-state index in [4.69, 9.17) is 0 Å². The summed E-state index contributed by atoms with van der Waals surface area (Å²) in [5, 5.41) is 3.61. The normalized spacial score (nSPS) is 16.0. The molecule has 116 valence electrons. The molecule has 0 aliphatic carbocycles. The van der Waals surface area contributed by atoms with Crippen molar-refractivity contribution in [2.45, 2.75) is 32.7 Å². The molecule has 0 saturated carbocycles. The van der Waals surface area contributed by atoms with Gasteiger partial charge in [-0.2, -0.15) is 0 Å². The molecular formula is C16H24BrN3O. The monoisotopic (exact) mass is 353 g/mol. The Morgan fingerprint density at radius 2 is 1.76 bits per heavy atom. The van der Waals surface area contributed by atoms with Gasteiger partial charge in [0.25, 0.3) is 0 Å². The Kier molecular flexibility index (Phi) is 5.14. The predicted octanol–water partition coefficient (Wildman–Crippen LogP) is 3.62. The lowest BCUT2D eigenvalue weighted by Gasteiger charge is -2.34. The zero-order chi connectivity index (χ0) is 15.6. The van der Waals surface area contributed by atoms with E-state index in [9.17, 15) is 4.79 Å². The fraction of sp³-hybridized carbons (Fsp3) is 0.562. The highest BCUT2D eigenvalue weighted by Gasteiger charge is 2.23. The molecule has 0 spiro atoms. The number of amides is 2. The summed E-state index contributed by atoms with van der Waals surface area (Å²) >= 11 is 3.60. The van der Waals surface area contributed by atoms with Gasteiger partial charge in [0.1, 0.15) is 0 Å². The predicted molar refractivity (Wildman–Crippen MR) is 90.9 cm³/mol. The van der Waals surface area contributed by atoms with E-state index in [0.717, 1.165) is 25.9 Å². The van der Waals surface area contributed by atoms with Crippen LogP contribution in [0.4, 0.5) is 10.5 Å². The molecule has 0 atom stereocenters. The van der Waals surface area contributed by atoms with E-state index >= 15 is 0 Å². The largest absolute Gasteiger partial charge is 0.382 e. The Morgan fingerprint density at radius 3 is 2.24 bits per heavy atom. The number of aryl methyl sites for hydroxylation is 2. The smallest absolute Gasteiger partial charge is 0.319 e. The number of nitrogens with one attached hydrogen (secondary N) is 1. The topological polar surface area (TPSA) is 35.6 Å². The van der Waals surface area contributed by atoms with Crippen molar-refractivity contribution in [1.82, 2.24) is 9.80 Å². The van der Waals surface area contributed by atoms with Crippen molar-refractivity contribution in [2.24, 2.45) is 0 Å². The molecule has 0 aromatic heterocycles. The Hall–Kier alpha value is -1.23. The van der Waals surface area contributed by atoms with Gasteiger partial charge in [-0.25, -0.2) is 4.79 Å².